The highest BCUT2D eigenvalue weighted by atomic mass is 32.2. The molecule has 0 bridgehead atoms. The van der Waals surface area contributed by atoms with Crippen molar-refractivity contribution in [3.8, 4) is 0 Å². The van der Waals surface area contributed by atoms with Crippen LogP contribution in [0.5, 0.6) is 0 Å². The Morgan fingerprint density at radius 3 is 2.61 bits per heavy atom. The highest BCUT2D eigenvalue weighted by Crippen LogP contribution is 2.31. The minimum Gasteiger partial charge on any atom is -0.389 e. The lowest BCUT2D eigenvalue weighted by atomic mass is 9.96. The molecule has 1 N–H and O–H groups in total. The molecule has 2 aliphatic rings. The van der Waals surface area contributed by atoms with Gasteiger partial charge in [0.1, 0.15) is 0 Å². The van der Waals surface area contributed by atoms with Gasteiger partial charge in [0.2, 0.25) is 15.9 Å². The van der Waals surface area contributed by atoms with Crippen LogP contribution in [0.4, 0.5) is 0 Å². The van der Waals surface area contributed by atoms with Crippen molar-refractivity contribution in [1.82, 2.24) is 9.21 Å². The van der Waals surface area contributed by atoms with E-state index in [1.165, 1.54) is 9.21 Å². The summed E-state index contributed by atoms with van der Waals surface area (Å²) in [5, 5.41) is 10.2. The monoisotopic (exact) mass is 412 g/mol. The molecule has 0 unspecified atom stereocenters. The van der Waals surface area contributed by atoms with Gasteiger partial charge in [-0.3, -0.25) is 4.79 Å². The fraction of sp³-hybridized carbons (Fsp3) is 0.632. The number of rotatable bonds is 4. The Bertz CT molecular complexity index is 770. The van der Waals surface area contributed by atoms with E-state index in [2.05, 4.69) is 0 Å². The van der Waals surface area contributed by atoms with Gasteiger partial charge in [-0.1, -0.05) is 18.2 Å². The van der Waals surface area contributed by atoms with E-state index in [1.54, 1.807) is 44.4 Å². The van der Waals surface area contributed by atoms with Crippen LogP contribution in [0.2, 0.25) is 0 Å². The van der Waals surface area contributed by atoms with Crippen LogP contribution in [0.15, 0.2) is 35.2 Å². The van der Waals surface area contributed by atoms with Gasteiger partial charge < -0.3 is 19.5 Å². The van der Waals surface area contributed by atoms with E-state index in [9.17, 15) is 18.3 Å². The fourth-order valence-electron chi connectivity index (χ4n) is 3.68. The van der Waals surface area contributed by atoms with Crippen LogP contribution in [0.25, 0.3) is 0 Å². The Morgan fingerprint density at radius 2 is 1.93 bits per heavy atom. The topological polar surface area (TPSA) is 96.4 Å². The summed E-state index contributed by atoms with van der Waals surface area (Å²) in [6.45, 7) is 0.160. The number of fused-ring (bicyclic) bond motifs is 1. The zero-order valence-electron chi connectivity index (χ0n) is 16.2. The maximum absolute atomic E-state index is 13.3. The second kappa shape index (κ2) is 8.87. The number of carbonyl (C=O) groups excluding carboxylic acids is 1. The first-order valence-electron chi connectivity index (χ1n) is 9.47. The summed E-state index contributed by atoms with van der Waals surface area (Å²) in [5.74, 6) is -0.0283. The molecule has 0 saturated carbocycles. The quantitative estimate of drug-likeness (QED) is 0.772. The van der Waals surface area contributed by atoms with Crippen LogP contribution < -0.4 is 0 Å². The number of ether oxygens (including phenoxy) is 2. The molecule has 2 aliphatic heterocycles. The largest absolute Gasteiger partial charge is 0.389 e. The molecule has 156 valence electrons. The number of amides is 1. The van der Waals surface area contributed by atoms with Gasteiger partial charge in [-0.15, -0.1) is 0 Å². The van der Waals surface area contributed by atoms with Crippen LogP contribution in [0, 0.1) is 0 Å². The van der Waals surface area contributed by atoms with Gasteiger partial charge in [0, 0.05) is 20.6 Å². The predicted octanol–water partition coefficient (Wildman–Crippen LogP) is 0.463. The molecule has 2 saturated heterocycles. The Kier molecular flexibility index (Phi) is 6.72. The second-order valence-corrected chi connectivity index (χ2v) is 9.40. The summed E-state index contributed by atoms with van der Waals surface area (Å²) < 4.78 is 39.5. The summed E-state index contributed by atoms with van der Waals surface area (Å²) in [6.07, 6.45) is -0.308. The maximum Gasteiger partial charge on any atom is 0.243 e. The third-order valence-electron chi connectivity index (χ3n) is 5.18. The third-order valence-corrected chi connectivity index (χ3v) is 7.09. The Morgan fingerprint density at radius 1 is 1.21 bits per heavy atom. The number of aliphatic hydroxyl groups is 1. The summed E-state index contributed by atoms with van der Waals surface area (Å²) in [5.41, 5.74) is 0. The third kappa shape index (κ3) is 4.72. The van der Waals surface area contributed by atoms with Crippen molar-refractivity contribution in [3.05, 3.63) is 30.3 Å². The zero-order valence-corrected chi connectivity index (χ0v) is 17.0. The molecule has 1 amide bonds. The van der Waals surface area contributed by atoms with Gasteiger partial charge in [0.05, 0.1) is 48.9 Å². The molecule has 3 rings (SSSR count). The van der Waals surface area contributed by atoms with E-state index >= 15 is 0 Å². The summed E-state index contributed by atoms with van der Waals surface area (Å²) >= 11 is 0. The SMILES string of the molecule is CN(C)C(=O)C[C@H]1CC[C@H]2[C@@H](COC[C@H](O)CN2S(=O)(=O)c2ccccc2)O1. The Labute approximate surface area is 166 Å². The van der Waals surface area contributed by atoms with Gasteiger partial charge in [-0.05, 0) is 25.0 Å². The number of sulfonamides is 1. The summed E-state index contributed by atoms with van der Waals surface area (Å²) in [6, 6.07) is 7.75. The van der Waals surface area contributed by atoms with Crippen molar-refractivity contribution < 1.29 is 27.8 Å². The molecule has 2 fully saturated rings. The van der Waals surface area contributed by atoms with E-state index in [4.69, 9.17) is 9.47 Å². The van der Waals surface area contributed by atoms with E-state index in [0.29, 0.717) is 12.8 Å². The Balaban J connectivity index is 1.83. The molecule has 4 atom stereocenters. The van der Waals surface area contributed by atoms with E-state index < -0.39 is 28.3 Å². The predicted molar refractivity (Wildman–Crippen MR) is 102 cm³/mol. The highest BCUT2D eigenvalue weighted by Gasteiger charge is 2.43. The molecular weight excluding hydrogens is 384 g/mol. The molecular formula is C19H28N2O6S. The molecule has 0 radical (unpaired) electrons. The number of aliphatic hydroxyl groups excluding tert-OH is 1. The van der Waals surface area contributed by atoms with Gasteiger partial charge >= 0.3 is 0 Å². The number of carbonyl (C=O) groups is 1. The van der Waals surface area contributed by atoms with Crippen LogP contribution in [0.1, 0.15) is 19.3 Å². The average Bonchev–Trinajstić information content (AvgIpc) is 2.65. The van der Waals surface area contributed by atoms with Gasteiger partial charge in [0.25, 0.3) is 0 Å². The number of nitrogens with zero attached hydrogens (tertiary/aromatic N) is 2. The molecule has 9 heteroatoms. The van der Waals surface area contributed by atoms with E-state index in [-0.39, 0.29) is 43.1 Å². The van der Waals surface area contributed by atoms with Crippen LogP contribution in [-0.4, -0.2) is 86.8 Å². The molecule has 0 spiro atoms. The summed E-state index contributed by atoms with van der Waals surface area (Å²) in [4.78, 5) is 13.7. The van der Waals surface area contributed by atoms with E-state index in [1.807, 2.05) is 0 Å². The van der Waals surface area contributed by atoms with Gasteiger partial charge in [-0.25, -0.2) is 8.42 Å². The standard InChI is InChI=1S/C19H28N2O6S/c1-20(2)19(23)10-15-8-9-17-18(27-15)13-26-12-14(22)11-21(17)28(24,25)16-6-4-3-5-7-16/h3-7,14-15,17-18,22H,8-13H2,1-2H3/t14-,15-,17+,18-/m1/s1. The van der Waals surface area contributed by atoms with Crippen LogP contribution in [-0.2, 0) is 24.3 Å². The van der Waals surface area contributed by atoms with Crippen molar-refractivity contribution in [2.75, 3.05) is 33.9 Å². The lowest BCUT2D eigenvalue weighted by Gasteiger charge is -2.43. The minimum absolute atomic E-state index is 0.0283. The smallest absolute Gasteiger partial charge is 0.243 e. The first-order chi connectivity index (χ1) is 13.3. The number of hydrogen-bond acceptors (Lipinski definition) is 6. The molecule has 1 aromatic carbocycles. The van der Waals surface area contributed by atoms with Crippen molar-refractivity contribution in [1.29, 1.82) is 0 Å². The van der Waals surface area contributed by atoms with E-state index in [0.717, 1.165) is 0 Å². The van der Waals surface area contributed by atoms with Crippen molar-refractivity contribution >= 4 is 15.9 Å². The number of hydrogen-bond donors (Lipinski definition) is 1. The summed E-state index contributed by atoms with van der Waals surface area (Å²) in [7, 11) is -0.403. The zero-order chi connectivity index (χ0) is 20.3. The average molecular weight is 413 g/mol. The fourth-order valence-corrected chi connectivity index (χ4v) is 5.41. The lowest BCUT2D eigenvalue weighted by Crippen LogP contribution is -2.57. The Hall–Kier alpha value is -1.52. The first kappa shape index (κ1) is 21.2. The van der Waals surface area contributed by atoms with Crippen molar-refractivity contribution in [3.63, 3.8) is 0 Å². The molecule has 1 aromatic rings. The normalized spacial score (nSPS) is 29.4. The van der Waals surface area contributed by atoms with Crippen molar-refractivity contribution in [2.24, 2.45) is 0 Å². The van der Waals surface area contributed by atoms with Gasteiger partial charge in [0.15, 0.2) is 0 Å². The molecule has 28 heavy (non-hydrogen) atoms. The lowest BCUT2D eigenvalue weighted by molar-refractivity contribution is -0.150. The molecule has 0 aromatic heterocycles. The van der Waals surface area contributed by atoms with Gasteiger partial charge in [-0.2, -0.15) is 4.31 Å². The second-order valence-electron chi connectivity index (χ2n) is 7.51. The highest BCUT2D eigenvalue weighted by molar-refractivity contribution is 7.89. The molecule has 2 heterocycles. The first-order valence-corrected chi connectivity index (χ1v) is 10.9. The van der Waals surface area contributed by atoms with Crippen LogP contribution >= 0.6 is 0 Å². The number of benzene rings is 1. The van der Waals surface area contributed by atoms with Crippen molar-refractivity contribution in [2.45, 2.75) is 48.5 Å². The molecule has 0 aliphatic carbocycles. The maximum atomic E-state index is 13.3. The molecule has 8 nitrogen and oxygen atoms in total. The van der Waals surface area contributed by atoms with Crippen LogP contribution in [0.3, 0.4) is 0 Å². The number of β-amino-alcohol motifs (C(OH)–C–C–N with tert-alkyl or cyclic N) is 1. The minimum atomic E-state index is -3.80.